The highest BCUT2D eigenvalue weighted by molar-refractivity contribution is 5.93. The number of nitrogens with zero attached hydrogens (tertiary/aromatic N) is 1. The quantitative estimate of drug-likeness (QED) is 0.901. The average molecular weight is 348 g/mol. The Morgan fingerprint density at radius 3 is 2.52 bits per heavy atom. The molecule has 1 heterocycles. The Bertz CT molecular complexity index is 592. The number of nitrogens with one attached hydrogen (secondary N) is 1. The lowest BCUT2D eigenvalue weighted by atomic mass is 9.97. The van der Waals surface area contributed by atoms with E-state index >= 15 is 0 Å². The van der Waals surface area contributed by atoms with Crippen LogP contribution in [0, 0.1) is 5.92 Å². The van der Waals surface area contributed by atoms with Crippen LogP contribution in [0.3, 0.4) is 0 Å². The van der Waals surface area contributed by atoms with E-state index in [1.165, 1.54) is 0 Å². The molecule has 0 saturated carbocycles. The lowest BCUT2D eigenvalue weighted by molar-refractivity contribution is -0.121. The highest BCUT2D eigenvalue weighted by Gasteiger charge is 2.31. The molecule has 0 aliphatic carbocycles. The van der Waals surface area contributed by atoms with Gasteiger partial charge in [-0.05, 0) is 64.8 Å². The summed E-state index contributed by atoms with van der Waals surface area (Å²) in [6.07, 6.45) is 1.20. The summed E-state index contributed by atoms with van der Waals surface area (Å²) in [6, 6.07) is 7.29. The van der Waals surface area contributed by atoms with Crippen molar-refractivity contribution in [3.63, 3.8) is 0 Å². The maximum absolute atomic E-state index is 12.5. The third-order valence-electron chi connectivity index (χ3n) is 3.88. The molecule has 1 aromatic rings. The fourth-order valence-electron chi connectivity index (χ4n) is 2.73. The van der Waals surface area contributed by atoms with Gasteiger partial charge in [-0.3, -0.25) is 4.79 Å². The molecule has 0 aromatic heterocycles. The van der Waals surface area contributed by atoms with Gasteiger partial charge in [0.1, 0.15) is 11.4 Å². The molecule has 1 saturated heterocycles. The minimum absolute atomic E-state index is 0.0718. The molecule has 1 atom stereocenters. The third-order valence-corrected chi connectivity index (χ3v) is 3.88. The molecule has 0 bridgehead atoms. The Kier molecular flexibility index (Phi) is 6.28. The van der Waals surface area contributed by atoms with Gasteiger partial charge in [0.25, 0.3) is 0 Å². The van der Waals surface area contributed by atoms with Crippen LogP contribution in [0.2, 0.25) is 0 Å². The molecule has 0 spiro atoms. The molecular weight excluding hydrogens is 320 g/mol. The van der Waals surface area contributed by atoms with Crippen molar-refractivity contribution >= 4 is 17.7 Å². The lowest BCUT2D eigenvalue weighted by Crippen LogP contribution is -2.45. The summed E-state index contributed by atoms with van der Waals surface area (Å²) in [5, 5.41) is 2.92. The number of ether oxygens (including phenoxy) is 2. The van der Waals surface area contributed by atoms with Gasteiger partial charge in [-0.15, -0.1) is 0 Å². The van der Waals surface area contributed by atoms with E-state index < -0.39 is 5.60 Å². The van der Waals surface area contributed by atoms with Gasteiger partial charge in [0, 0.05) is 18.8 Å². The Morgan fingerprint density at radius 2 is 1.92 bits per heavy atom. The standard InChI is InChI=1S/C19H28N2O4/c1-5-24-16-10-8-15(9-11-16)20-17(22)14-7-6-12-21(13-14)18(23)25-19(2,3)4/h8-11,14H,5-7,12-13H2,1-4H3,(H,20,22). The molecule has 6 heteroatoms. The molecule has 6 nitrogen and oxygen atoms in total. The molecule has 138 valence electrons. The number of rotatable bonds is 4. The average Bonchev–Trinajstić information content (AvgIpc) is 2.55. The van der Waals surface area contributed by atoms with Gasteiger partial charge in [-0.1, -0.05) is 0 Å². The summed E-state index contributed by atoms with van der Waals surface area (Å²) in [7, 11) is 0. The first-order valence-corrected chi connectivity index (χ1v) is 8.80. The Morgan fingerprint density at radius 1 is 1.24 bits per heavy atom. The zero-order valence-corrected chi connectivity index (χ0v) is 15.5. The molecule has 0 radical (unpaired) electrons. The van der Waals surface area contributed by atoms with E-state index in [1.807, 2.05) is 52.0 Å². The summed E-state index contributed by atoms with van der Waals surface area (Å²) >= 11 is 0. The van der Waals surface area contributed by atoms with Crippen LogP contribution in [-0.4, -0.2) is 42.2 Å². The number of carbonyl (C=O) groups is 2. The molecule has 2 rings (SSSR count). The number of piperidine rings is 1. The van der Waals surface area contributed by atoms with Crippen LogP contribution in [0.5, 0.6) is 5.75 Å². The van der Waals surface area contributed by atoms with Gasteiger partial charge in [0.15, 0.2) is 0 Å². The maximum Gasteiger partial charge on any atom is 0.410 e. The molecule has 25 heavy (non-hydrogen) atoms. The molecule has 2 amide bonds. The Balaban J connectivity index is 1.91. The van der Waals surface area contributed by atoms with Crippen molar-refractivity contribution < 1.29 is 19.1 Å². The number of hydrogen-bond acceptors (Lipinski definition) is 4. The van der Waals surface area contributed by atoms with Crippen LogP contribution < -0.4 is 10.1 Å². The predicted octanol–water partition coefficient (Wildman–Crippen LogP) is 3.67. The zero-order valence-electron chi connectivity index (χ0n) is 15.5. The van der Waals surface area contributed by atoms with E-state index in [9.17, 15) is 9.59 Å². The predicted molar refractivity (Wildman–Crippen MR) is 96.8 cm³/mol. The van der Waals surface area contributed by atoms with Crippen LogP contribution >= 0.6 is 0 Å². The van der Waals surface area contributed by atoms with E-state index in [0.717, 1.165) is 24.3 Å². The first-order valence-electron chi connectivity index (χ1n) is 8.80. The maximum atomic E-state index is 12.5. The largest absolute Gasteiger partial charge is 0.494 e. The van der Waals surface area contributed by atoms with Crippen molar-refractivity contribution in [2.24, 2.45) is 5.92 Å². The highest BCUT2D eigenvalue weighted by Crippen LogP contribution is 2.22. The number of anilines is 1. The van der Waals surface area contributed by atoms with Crippen molar-refractivity contribution in [2.75, 3.05) is 25.0 Å². The molecule has 1 unspecified atom stereocenters. The summed E-state index contributed by atoms with van der Waals surface area (Å²) in [5.41, 5.74) is 0.192. The number of amides is 2. The van der Waals surface area contributed by atoms with Crippen molar-refractivity contribution in [1.82, 2.24) is 4.90 Å². The van der Waals surface area contributed by atoms with Gasteiger partial charge >= 0.3 is 6.09 Å². The van der Waals surface area contributed by atoms with Crippen LogP contribution in [-0.2, 0) is 9.53 Å². The first kappa shape index (κ1) is 19.1. The number of hydrogen-bond donors (Lipinski definition) is 1. The smallest absolute Gasteiger partial charge is 0.410 e. The molecule has 1 aliphatic heterocycles. The van der Waals surface area contributed by atoms with Gasteiger partial charge in [0.05, 0.1) is 12.5 Å². The van der Waals surface area contributed by atoms with E-state index in [2.05, 4.69) is 5.32 Å². The van der Waals surface area contributed by atoms with Crippen LogP contribution in [0.25, 0.3) is 0 Å². The van der Waals surface area contributed by atoms with E-state index in [1.54, 1.807) is 4.90 Å². The second-order valence-corrected chi connectivity index (χ2v) is 7.21. The molecule has 1 N–H and O–H groups in total. The summed E-state index contributed by atoms with van der Waals surface area (Å²) < 4.78 is 10.8. The number of likely N-dealkylation sites (tertiary alicyclic amines) is 1. The van der Waals surface area contributed by atoms with Gasteiger partial charge in [-0.25, -0.2) is 4.79 Å². The fraction of sp³-hybridized carbons (Fsp3) is 0.579. The van der Waals surface area contributed by atoms with Crippen LogP contribution in [0.4, 0.5) is 10.5 Å². The number of benzene rings is 1. The van der Waals surface area contributed by atoms with Crippen molar-refractivity contribution in [3.8, 4) is 5.75 Å². The molecule has 1 fully saturated rings. The minimum atomic E-state index is -0.533. The second kappa shape index (κ2) is 8.23. The second-order valence-electron chi connectivity index (χ2n) is 7.21. The third kappa shape index (κ3) is 5.96. The molecule has 1 aliphatic rings. The zero-order chi connectivity index (χ0) is 18.4. The minimum Gasteiger partial charge on any atom is -0.494 e. The van der Waals surface area contributed by atoms with Crippen molar-refractivity contribution in [2.45, 2.75) is 46.1 Å². The Labute approximate surface area is 149 Å². The molecular formula is C19H28N2O4. The summed E-state index contributed by atoms with van der Waals surface area (Å²) in [4.78, 5) is 26.3. The van der Waals surface area contributed by atoms with E-state index in [4.69, 9.17) is 9.47 Å². The van der Waals surface area contributed by atoms with Crippen LogP contribution in [0.15, 0.2) is 24.3 Å². The van der Waals surface area contributed by atoms with Gasteiger partial charge < -0.3 is 19.7 Å². The summed E-state index contributed by atoms with van der Waals surface area (Å²) in [6.45, 7) is 9.06. The van der Waals surface area contributed by atoms with Gasteiger partial charge in [0.2, 0.25) is 5.91 Å². The fourth-order valence-corrected chi connectivity index (χ4v) is 2.73. The first-order chi connectivity index (χ1) is 11.8. The molecule has 1 aromatic carbocycles. The van der Waals surface area contributed by atoms with E-state index in [0.29, 0.717) is 19.7 Å². The monoisotopic (exact) mass is 348 g/mol. The van der Waals surface area contributed by atoms with Gasteiger partial charge in [-0.2, -0.15) is 0 Å². The highest BCUT2D eigenvalue weighted by atomic mass is 16.6. The van der Waals surface area contributed by atoms with Crippen LogP contribution in [0.1, 0.15) is 40.5 Å². The lowest BCUT2D eigenvalue weighted by Gasteiger charge is -2.33. The normalized spacial score (nSPS) is 17.8. The summed E-state index contributed by atoms with van der Waals surface area (Å²) in [5.74, 6) is 0.472. The number of carbonyl (C=O) groups excluding carboxylic acids is 2. The van der Waals surface area contributed by atoms with E-state index in [-0.39, 0.29) is 17.9 Å². The Hall–Kier alpha value is -2.24. The van der Waals surface area contributed by atoms with Crippen molar-refractivity contribution in [3.05, 3.63) is 24.3 Å². The SMILES string of the molecule is CCOc1ccc(NC(=O)C2CCCN(C(=O)OC(C)(C)C)C2)cc1. The topological polar surface area (TPSA) is 67.9 Å². The van der Waals surface area contributed by atoms with Crippen molar-refractivity contribution in [1.29, 1.82) is 0 Å².